The Hall–Kier alpha value is -2.82. The minimum Gasteiger partial charge on any atom is -0.489 e. The molecular weight excluding hydrogens is 481 g/mol. The summed E-state index contributed by atoms with van der Waals surface area (Å²) in [6, 6.07) is 12.8. The van der Waals surface area contributed by atoms with E-state index < -0.39 is 28.3 Å². The van der Waals surface area contributed by atoms with Crippen molar-refractivity contribution in [3.05, 3.63) is 59.8 Å². The van der Waals surface area contributed by atoms with Gasteiger partial charge in [0.2, 0.25) is 10.0 Å². The first kappa shape index (κ1) is 26.3. The third-order valence-corrected chi connectivity index (χ3v) is 7.77. The summed E-state index contributed by atoms with van der Waals surface area (Å²) in [4.78, 5) is 12.0. The van der Waals surface area contributed by atoms with Crippen LogP contribution in [0.4, 0.5) is 0 Å². The Kier molecular flexibility index (Phi) is 6.98. The van der Waals surface area contributed by atoms with Crippen LogP contribution < -0.4 is 10.2 Å². The Morgan fingerprint density at radius 3 is 2.36 bits per heavy atom. The predicted molar refractivity (Wildman–Crippen MR) is 139 cm³/mol. The quantitative estimate of drug-likeness (QED) is 0.337. The SMILES string of the molecule is CCOC(=O)Cc1ccccc1OCc1cc(B2OC(C)(C)C(C)(C)O2)c2ccn(S(C)(=O)=O)c2c1. The summed E-state index contributed by atoms with van der Waals surface area (Å²) in [5, 5.41) is 0.727. The van der Waals surface area contributed by atoms with Crippen molar-refractivity contribution in [1.82, 2.24) is 3.97 Å². The molecule has 3 aromatic rings. The third kappa shape index (κ3) is 5.16. The smallest absolute Gasteiger partial charge is 0.489 e. The highest BCUT2D eigenvalue weighted by molar-refractivity contribution is 7.89. The molecule has 0 saturated carbocycles. The second-order valence-corrected chi connectivity index (χ2v) is 11.8. The number of nitrogens with zero attached hydrogens (tertiary/aromatic N) is 1. The van der Waals surface area contributed by atoms with E-state index in [-0.39, 0.29) is 19.0 Å². The third-order valence-electron chi connectivity index (χ3n) is 6.74. The van der Waals surface area contributed by atoms with Crippen LogP contribution >= 0.6 is 0 Å². The molecule has 0 spiro atoms. The molecule has 1 aromatic heterocycles. The second kappa shape index (κ2) is 9.57. The van der Waals surface area contributed by atoms with Gasteiger partial charge in [0.15, 0.2) is 0 Å². The lowest BCUT2D eigenvalue weighted by atomic mass is 9.76. The van der Waals surface area contributed by atoms with Crippen LogP contribution in [0.15, 0.2) is 48.7 Å². The molecule has 1 saturated heterocycles. The first-order valence-electron chi connectivity index (χ1n) is 11.9. The zero-order valence-corrected chi connectivity index (χ0v) is 22.3. The van der Waals surface area contributed by atoms with Gasteiger partial charge >= 0.3 is 13.1 Å². The van der Waals surface area contributed by atoms with Crippen LogP contribution in [0.1, 0.15) is 45.7 Å². The highest BCUT2D eigenvalue weighted by atomic mass is 32.2. The zero-order valence-electron chi connectivity index (χ0n) is 21.5. The van der Waals surface area contributed by atoms with E-state index in [1.54, 1.807) is 25.1 Å². The van der Waals surface area contributed by atoms with Crippen molar-refractivity contribution in [2.45, 2.75) is 58.8 Å². The Morgan fingerprint density at radius 2 is 1.72 bits per heavy atom. The minimum absolute atomic E-state index is 0.0964. The average Bonchev–Trinajstić information content (AvgIpc) is 3.30. The van der Waals surface area contributed by atoms with E-state index in [0.717, 1.165) is 22.7 Å². The molecule has 2 aromatic carbocycles. The van der Waals surface area contributed by atoms with Crippen LogP contribution in [0, 0.1) is 0 Å². The summed E-state index contributed by atoms with van der Waals surface area (Å²) in [6.45, 7) is 10.1. The van der Waals surface area contributed by atoms with Gasteiger partial charge in [0.1, 0.15) is 12.4 Å². The molecule has 0 aliphatic carbocycles. The molecular formula is C26H32BNO7S. The Balaban J connectivity index is 1.71. The Morgan fingerprint density at radius 1 is 1.06 bits per heavy atom. The molecule has 4 rings (SSSR count). The average molecular weight is 513 g/mol. The first-order valence-corrected chi connectivity index (χ1v) is 13.7. The van der Waals surface area contributed by atoms with E-state index in [4.69, 9.17) is 18.8 Å². The normalized spacial score (nSPS) is 16.9. The van der Waals surface area contributed by atoms with Gasteiger partial charge in [-0.25, -0.2) is 12.4 Å². The van der Waals surface area contributed by atoms with Crippen LogP contribution in [-0.4, -0.2) is 49.5 Å². The molecule has 1 aliphatic heterocycles. The van der Waals surface area contributed by atoms with Gasteiger partial charge in [0.25, 0.3) is 0 Å². The van der Waals surface area contributed by atoms with Crippen molar-refractivity contribution >= 4 is 39.5 Å². The number of carbonyl (C=O) groups excluding carboxylic acids is 1. The van der Waals surface area contributed by atoms with Gasteiger partial charge < -0.3 is 18.8 Å². The fraction of sp³-hybridized carbons (Fsp3) is 0.423. The maximum Gasteiger partial charge on any atom is 0.495 e. The van der Waals surface area contributed by atoms with Crippen molar-refractivity contribution in [3.8, 4) is 5.75 Å². The van der Waals surface area contributed by atoms with Crippen LogP contribution in [-0.2, 0) is 41.9 Å². The number of rotatable bonds is 8. The van der Waals surface area contributed by atoms with Crippen LogP contribution in [0.25, 0.3) is 10.9 Å². The number of esters is 1. The van der Waals surface area contributed by atoms with Gasteiger partial charge in [0.05, 0.1) is 36.0 Å². The highest BCUT2D eigenvalue weighted by Crippen LogP contribution is 2.37. The van der Waals surface area contributed by atoms with Gasteiger partial charge in [-0.1, -0.05) is 24.3 Å². The molecule has 1 aliphatic rings. The lowest BCUT2D eigenvalue weighted by Gasteiger charge is -2.32. The van der Waals surface area contributed by atoms with Crippen molar-refractivity contribution in [2.75, 3.05) is 12.9 Å². The fourth-order valence-corrected chi connectivity index (χ4v) is 4.95. The summed E-state index contributed by atoms with van der Waals surface area (Å²) in [5.74, 6) is 0.227. The maximum absolute atomic E-state index is 12.5. The number of ether oxygens (including phenoxy) is 2. The monoisotopic (exact) mass is 513 g/mol. The van der Waals surface area contributed by atoms with E-state index in [1.165, 1.54) is 10.2 Å². The predicted octanol–water partition coefficient (Wildman–Crippen LogP) is 3.43. The summed E-state index contributed by atoms with van der Waals surface area (Å²) in [7, 11) is -4.22. The van der Waals surface area contributed by atoms with E-state index in [1.807, 2.05) is 52.0 Å². The standard InChI is InChI=1S/C26H32BNO7S/c1-7-32-24(29)16-19-10-8-9-11-23(19)33-17-18-14-21(27-34-25(2,3)26(4,5)35-27)20-12-13-28(22(20)15-18)36(6,30)31/h8-15H,7,16-17H2,1-6H3. The van der Waals surface area contributed by atoms with Crippen molar-refractivity contribution in [1.29, 1.82) is 0 Å². The van der Waals surface area contributed by atoms with Gasteiger partial charge in [-0.15, -0.1) is 0 Å². The molecule has 0 atom stereocenters. The number of aromatic nitrogens is 1. The lowest BCUT2D eigenvalue weighted by molar-refractivity contribution is -0.142. The molecule has 0 unspecified atom stereocenters. The van der Waals surface area contributed by atoms with Gasteiger partial charge in [-0.2, -0.15) is 0 Å². The van der Waals surface area contributed by atoms with Crippen LogP contribution in [0.3, 0.4) is 0 Å². The second-order valence-electron chi connectivity index (χ2n) is 9.96. The zero-order chi connectivity index (χ0) is 26.3. The molecule has 0 radical (unpaired) electrons. The van der Waals surface area contributed by atoms with Crippen LogP contribution in [0.2, 0.25) is 0 Å². The minimum atomic E-state index is -3.54. The number of fused-ring (bicyclic) bond motifs is 1. The molecule has 10 heteroatoms. The topological polar surface area (TPSA) is 93.1 Å². The van der Waals surface area contributed by atoms with Crippen molar-refractivity contribution in [2.24, 2.45) is 0 Å². The maximum atomic E-state index is 12.5. The summed E-state index contributed by atoms with van der Waals surface area (Å²) >= 11 is 0. The molecule has 192 valence electrons. The summed E-state index contributed by atoms with van der Waals surface area (Å²) in [5.41, 5.74) is 1.59. The Bertz CT molecular complexity index is 1380. The molecule has 0 bridgehead atoms. The van der Waals surface area contributed by atoms with Gasteiger partial charge in [-0.05, 0) is 63.8 Å². The molecule has 36 heavy (non-hydrogen) atoms. The number of carbonyl (C=O) groups is 1. The first-order chi connectivity index (χ1) is 16.8. The Labute approximate surface area is 212 Å². The molecule has 0 N–H and O–H groups in total. The summed E-state index contributed by atoms with van der Waals surface area (Å²) in [6.07, 6.45) is 2.79. The fourth-order valence-electron chi connectivity index (χ4n) is 4.16. The van der Waals surface area contributed by atoms with Gasteiger partial charge in [-0.3, -0.25) is 4.79 Å². The summed E-state index contributed by atoms with van der Waals surface area (Å²) < 4.78 is 49.9. The molecule has 1 fully saturated rings. The molecule has 8 nitrogen and oxygen atoms in total. The molecule has 2 heterocycles. The van der Waals surface area contributed by atoms with Crippen molar-refractivity contribution < 1.29 is 32.0 Å². The number of para-hydroxylation sites is 1. The highest BCUT2D eigenvalue weighted by Gasteiger charge is 2.52. The van der Waals surface area contributed by atoms with E-state index in [0.29, 0.717) is 23.4 Å². The lowest BCUT2D eigenvalue weighted by Crippen LogP contribution is -2.41. The van der Waals surface area contributed by atoms with E-state index in [9.17, 15) is 13.2 Å². The molecule has 0 amide bonds. The number of hydrogen-bond acceptors (Lipinski definition) is 7. The van der Waals surface area contributed by atoms with E-state index in [2.05, 4.69) is 0 Å². The number of hydrogen-bond donors (Lipinski definition) is 0. The number of benzene rings is 2. The van der Waals surface area contributed by atoms with Crippen molar-refractivity contribution in [3.63, 3.8) is 0 Å². The van der Waals surface area contributed by atoms with E-state index >= 15 is 0 Å². The van der Waals surface area contributed by atoms with Gasteiger partial charge in [0, 0.05) is 17.1 Å². The van der Waals surface area contributed by atoms with Crippen LogP contribution in [0.5, 0.6) is 5.75 Å². The largest absolute Gasteiger partial charge is 0.495 e.